The van der Waals surface area contributed by atoms with E-state index in [-0.39, 0.29) is 11.9 Å². The molecule has 2 aromatic carbocycles. The first-order valence-electron chi connectivity index (χ1n) is 10.9. The van der Waals surface area contributed by atoms with E-state index in [0.29, 0.717) is 5.02 Å². The van der Waals surface area contributed by atoms with E-state index in [9.17, 15) is 4.79 Å². The summed E-state index contributed by atoms with van der Waals surface area (Å²) in [6, 6.07) is 15.9. The fourth-order valence-corrected chi connectivity index (χ4v) is 4.93. The summed E-state index contributed by atoms with van der Waals surface area (Å²) in [5, 5.41) is 3.94. The molecule has 1 N–H and O–H groups in total. The van der Waals surface area contributed by atoms with Crippen LogP contribution in [-0.4, -0.2) is 23.6 Å². The average Bonchev–Trinajstić information content (AvgIpc) is 3.04. The molecule has 0 spiro atoms. The second-order valence-corrected chi connectivity index (χ2v) is 8.66. The Balaban J connectivity index is 1.85. The van der Waals surface area contributed by atoms with Crippen LogP contribution in [0.4, 0.5) is 0 Å². The maximum absolute atomic E-state index is 13.4. The van der Waals surface area contributed by atoms with Crippen molar-refractivity contribution in [2.75, 3.05) is 7.11 Å². The summed E-state index contributed by atoms with van der Waals surface area (Å²) in [7, 11) is 1.66. The number of hydrogen-bond donors (Lipinski definition) is 1. The number of nitrogens with zero attached hydrogens (tertiary/aromatic N) is 1. The number of aromatic nitrogens is 1. The fraction of sp³-hybridized carbons (Fsp3) is 0.346. The predicted octanol–water partition coefficient (Wildman–Crippen LogP) is 6.49. The Hall–Kier alpha value is -2.72. The first-order valence-corrected chi connectivity index (χ1v) is 11.3. The number of nitrogens with one attached hydrogen (secondary N) is 1. The molecular weight excluding hydrogens is 408 g/mol. The standard InChI is InChI=1S/C26H29ClN2O2/c1-17-24(26(30)28-20-9-5-4-6-10-20)18(2)29(23-12-8-7-11-22(23)27)25(17)19-13-15-21(31-3)16-14-19/h7-8,11-16,20H,4-6,9-10H2,1-3H3,(H,28,30). The van der Waals surface area contributed by atoms with Gasteiger partial charge in [0.25, 0.3) is 5.91 Å². The molecule has 1 aliphatic carbocycles. The van der Waals surface area contributed by atoms with Gasteiger partial charge in [-0.1, -0.05) is 43.0 Å². The van der Waals surface area contributed by atoms with Crippen molar-refractivity contribution >= 4 is 17.5 Å². The van der Waals surface area contributed by atoms with Crippen molar-refractivity contribution in [2.24, 2.45) is 0 Å². The van der Waals surface area contributed by atoms with Crippen LogP contribution in [0, 0.1) is 13.8 Å². The second-order valence-electron chi connectivity index (χ2n) is 8.26. The van der Waals surface area contributed by atoms with Crippen LogP contribution in [0.15, 0.2) is 48.5 Å². The molecule has 0 aliphatic heterocycles. The number of methoxy groups -OCH3 is 1. The lowest BCUT2D eigenvalue weighted by Crippen LogP contribution is -2.36. The second kappa shape index (κ2) is 9.19. The van der Waals surface area contributed by atoms with Crippen LogP contribution >= 0.6 is 11.6 Å². The maximum Gasteiger partial charge on any atom is 0.253 e. The zero-order chi connectivity index (χ0) is 22.0. The van der Waals surface area contributed by atoms with E-state index in [0.717, 1.165) is 52.4 Å². The van der Waals surface area contributed by atoms with Crippen LogP contribution in [0.5, 0.6) is 5.75 Å². The molecule has 1 fully saturated rings. The van der Waals surface area contributed by atoms with Gasteiger partial charge >= 0.3 is 0 Å². The Morgan fingerprint density at radius 2 is 1.71 bits per heavy atom. The van der Waals surface area contributed by atoms with Gasteiger partial charge in [0.15, 0.2) is 0 Å². The third-order valence-corrected chi connectivity index (χ3v) is 6.59. The van der Waals surface area contributed by atoms with Gasteiger partial charge in [-0.05, 0) is 74.2 Å². The van der Waals surface area contributed by atoms with Gasteiger partial charge in [-0.2, -0.15) is 0 Å². The summed E-state index contributed by atoms with van der Waals surface area (Å²) >= 11 is 6.59. The third-order valence-electron chi connectivity index (χ3n) is 6.28. The smallest absolute Gasteiger partial charge is 0.253 e. The zero-order valence-corrected chi connectivity index (χ0v) is 19.1. The highest BCUT2D eigenvalue weighted by molar-refractivity contribution is 6.32. The van der Waals surface area contributed by atoms with Gasteiger partial charge in [-0.15, -0.1) is 0 Å². The third kappa shape index (κ3) is 4.22. The predicted molar refractivity (Wildman–Crippen MR) is 127 cm³/mol. The van der Waals surface area contributed by atoms with Crippen LogP contribution in [-0.2, 0) is 0 Å². The first-order chi connectivity index (χ1) is 15.0. The number of hydrogen-bond acceptors (Lipinski definition) is 2. The number of amides is 1. The molecule has 3 aromatic rings. The molecule has 1 aromatic heterocycles. The number of rotatable bonds is 5. The van der Waals surface area contributed by atoms with Gasteiger partial charge in [0.05, 0.1) is 29.1 Å². The highest BCUT2D eigenvalue weighted by atomic mass is 35.5. The highest BCUT2D eigenvalue weighted by Crippen LogP contribution is 2.37. The Kier molecular flexibility index (Phi) is 6.38. The molecule has 1 heterocycles. The number of para-hydroxylation sites is 1. The number of carbonyl (C=O) groups is 1. The van der Waals surface area contributed by atoms with E-state index in [2.05, 4.69) is 9.88 Å². The molecule has 4 rings (SSSR count). The Morgan fingerprint density at radius 3 is 2.35 bits per heavy atom. The van der Waals surface area contributed by atoms with Crippen LogP contribution in [0.2, 0.25) is 5.02 Å². The van der Waals surface area contributed by atoms with Gasteiger partial charge in [0.2, 0.25) is 0 Å². The van der Waals surface area contributed by atoms with E-state index in [4.69, 9.17) is 16.3 Å². The number of carbonyl (C=O) groups excluding carboxylic acids is 1. The highest BCUT2D eigenvalue weighted by Gasteiger charge is 2.27. The van der Waals surface area contributed by atoms with E-state index in [1.165, 1.54) is 19.3 Å². The minimum absolute atomic E-state index is 0.00228. The van der Waals surface area contributed by atoms with Crippen molar-refractivity contribution in [3.63, 3.8) is 0 Å². The van der Waals surface area contributed by atoms with E-state index in [1.807, 2.05) is 62.4 Å². The SMILES string of the molecule is COc1ccc(-c2c(C)c(C(=O)NC3CCCCC3)c(C)n2-c2ccccc2Cl)cc1. The molecule has 0 atom stereocenters. The Bertz CT molecular complexity index is 1080. The maximum atomic E-state index is 13.4. The molecule has 0 saturated heterocycles. The molecule has 1 saturated carbocycles. The summed E-state index contributed by atoms with van der Waals surface area (Å²) in [4.78, 5) is 13.4. The minimum atomic E-state index is 0.00228. The average molecular weight is 437 g/mol. The summed E-state index contributed by atoms with van der Waals surface area (Å²) in [6.45, 7) is 4.02. The molecule has 1 aliphatic rings. The van der Waals surface area contributed by atoms with E-state index >= 15 is 0 Å². The normalized spacial score (nSPS) is 14.5. The van der Waals surface area contributed by atoms with Gasteiger partial charge in [-0.25, -0.2) is 0 Å². The fourth-order valence-electron chi connectivity index (χ4n) is 4.70. The van der Waals surface area contributed by atoms with Crippen LogP contribution in [0.1, 0.15) is 53.7 Å². The molecule has 0 radical (unpaired) electrons. The lowest BCUT2D eigenvalue weighted by atomic mass is 9.95. The molecule has 4 nitrogen and oxygen atoms in total. The lowest BCUT2D eigenvalue weighted by molar-refractivity contribution is 0.0926. The molecule has 0 bridgehead atoms. The number of ether oxygens (including phenoxy) is 1. The van der Waals surface area contributed by atoms with Crippen LogP contribution in [0.3, 0.4) is 0 Å². The Morgan fingerprint density at radius 1 is 1.03 bits per heavy atom. The van der Waals surface area contributed by atoms with E-state index in [1.54, 1.807) is 7.11 Å². The molecule has 0 unspecified atom stereocenters. The molecular formula is C26H29ClN2O2. The monoisotopic (exact) mass is 436 g/mol. The largest absolute Gasteiger partial charge is 0.497 e. The summed E-state index contributed by atoms with van der Waals surface area (Å²) in [5.74, 6) is 0.798. The van der Waals surface area contributed by atoms with Crippen molar-refractivity contribution in [1.29, 1.82) is 0 Å². The van der Waals surface area contributed by atoms with Gasteiger partial charge in [0, 0.05) is 11.7 Å². The molecule has 31 heavy (non-hydrogen) atoms. The van der Waals surface area contributed by atoms with Crippen molar-refractivity contribution in [3.8, 4) is 22.7 Å². The van der Waals surface area contributed by atoms with Crippen molar-refractivity contribution in [3.05, 3.63) is 70.4 Å². The molecule has 162 valence electrons. The van der Waals surface area contributed by atoms with Crippen LogP contribution < -0.4 is 10.1 Å². The summed E-state index contributed by atoms with van der Waals surface area (Å²) in [6.07, 6.45) is 5.73. The van der Waals surface area contributed by atoms with Gasteiger partial charge in [0.1, 0.15) is 5.75 Å². The lowest BCUT2D eigenvalue weighted by Gasteiger charge is -2.23. The topological polar surface area (TPSA) is 43.3 Å². The van der Waals surface area contributed by atoms with Gasteiger partial charge in [-0.3, -0.25) is 4.79 Å². The first kappa shape index (κ1) is 21.5. The molecule has 5 heteroatoms. The zero-order valence-electron chi connectivity index (χ0n) is 18.4. The Labute approximate surface area is 189 Å². The quantitative estimate of drug-likeness (QED) is 0.497. The van der Waals surface area contributed by atoms with Crippen molar-refractivity contribution < 1.29 is 9.53 Å². The minimum Gasteiger partial charge on any atom is -0.497 e. The van der Waals surface area contributed by atoms with Crippen molar-refractivity contribution in [2.45, 2.75) is 52.0 Å². The number of benzene rings is 2. The van der Waals surface area contributed by atoms with E-state index < -0.39 is 0 Å². The van der Waals surface area contributed by atoms with Gasteiger partial charge < -0.3 is 14.6 Å². The summed E-state index contributed by atoms with van der Waals surface area (Å²) < 4.78 is 7.44. The number of halogens is 1. The van der Waals surface area contributed by atoms with Crippen molar-refractivity contribution in [1.82, 2.24) is 9.88 Å². The summed E-state index contributed by atoms with van der Waals surface area (Å²) in [5.41, 5.74) is 5.43. The molecule has 1 amide bonds. The van der Waals surface area contributed by atoms with Crippen LogP contribution in [0.25, 0.3) is 16.9 Å².